The second-order valence-corrected chi connectivity index (χ2v) is 6.82. The molecule has 2 rings (SSSR count). The highest BCUT2D eigenvalue weighted by molar-refractivity contribution is 5.93. The maximum Gasteiger partial charge on any atom is 0.227 e. The van der Waals surface area contributed by atoms with E-state index in [1.807, 2.05) is 19.0 Å². The summed E-state index contributed by atoms with van der Waals surface area (Å²) < 4.78 is 0. The molecular weight excluding hydrogens is 316 g/mol. The van der Waals surface area contributed by atoms with Crippen molar-refractivity contribution in [1.29, 1.82) is 5.26 Å². The van der Waals surface area contributed by atoms with Gasteiger partial charge in [0.15, 0.2) is 0 Å². The van der Waals surface area contributed by atoms with Crippen LogP contribution < -0.4 is 10.6 Å². The van der Waals surface area contributed by atoms with Gasteiger partial charge < -0.3 is 15.5 Å². The topological polar surface area (TPSA) is 85.2 Å². The molecule has 134 valence electrons. The molecule has 0 atom stereocenters. The summed E-state index contributed by atoms with van der Waals surface area (Å²) in [4.78, 5) is 26.6. The van der Waals surface area contributed by atoms with Crippen LogP contribution in [0.15, 0.2) is 24.3 Å². The minimum absolute atomic E-state index is 0.00753. The number of likely N-dealkylation sites (N-methyl/N-ethyl adjacent to an activating group) is 1. The summed E-state index contributed by atoms with van der Waals surface area (Å²) in [5.41, 5.74) is 1.17. The normalized spacial score (nSPS) is 19.9. The molecule has 6 heteroatoms. The van der Waals surface area contributed by atoms with E-state index in [2.05, 4.69) is 16.7 Å². The summed E-state index contributed by atoms with van der Waals surface area (Å²) in [7, 11) is 3.95. The van der Waals surface area contributed by atoms with Gasteiger partial charge in [-0.1, -0.05) is 6.07 Å². The van der Waals surface area contributed by atoms with Gasteiger partial charge in [0.25, 0.3) is 0 Å². The van der Waals surface area contributed by atoms with Gasteiger partial charge in [0.05, 0.1) is 11.6 Å². The average molecular weight is 342 g/mol. The third kappa shape index (κ3) is 5.87. The minimum atomic E-state index is -0.0726. The Hall–Kier alpha value is -2.39. The standard InChI is InChI=1S/C19H26N4O2/c1-23(2)11-10-21-18(24)15-6-8-16(9-7-15)19(25)22-17-5-3-4-14(12-17)13-20/h3-5,12,15-16H,6-11H2,1-2H3,(H,21,24)(H,22,25). The maximum atomic E-state index is 12.4. The lowest BCUT2D eigenvalue weighted by molar-refractivity contribution is -0.128. The van der Waals surface area contributed by atoms with Gasteiger partial charge in [0.2, 0.25) is 11.8 Å². The van der Waals surface area contributed by atoms with Crippen LogP contribution in [0.2, 0.25) is 0 Å². The number of nitriles is 1. The van der Waals surface area contributed by atoms with Crippen LogP contribution in [0.25, 0.3) is 0 Å². The van der Waals surface area contributed by atoms with Crippen LogP contribution in [0.5, 0.6) is 0 Å². The van der Waals surface area contributed by atoms with Crippen molar-refractivity contribution in [3.05, 3.63) is 29.8 Å². The van der Waals surface area contributed by atoms with Crippen molar-refractivity contribution in [3.8, 4) is 6.07 Å². The zero-order valence-corrected chi connectivity index (χ0v) is 14.9. The number of rotatable bonds is 6. The molecule has 0 radical (unpaired) electrons. The number of carbonyl (C=O) groups is 2. The van der Waals surface area contributed by atoms with Crippen molar-refractivity contribution in [2.45, 2.75) is 25.7 Å². The Kier molecular flexibility index (Phi) is 6.96. The molecule has 0 aromatic heterocycles. The first-order valence-electron chi connectivity index (χ1n) is 8.73. The third-order valence-electron chi connectivity index (χ3n) is 4.59. The summed E-state index contributed by atoms with van der Waals surface area (Å²) in [6.07, 6.45) is 2.92. The monoisotopic (exact) mass is 342 g/mol. The van der Waals surface area contributed by atoms with E-state index >= 15 is 0 Å². The summed E-state index contributed by atoms with van der Waals surface area (Å²) >= 11 is 0. The van der Waals surface area contributed by atoms with E-state index in [9.17, 15) is 9.59 Å². The highest BCUT2D eigenvalue weighted by Crippen LogP contribution is 2.30. The number of anilines is 1. The molecule has 1 aromatic carbocycles. The molecule has 1 saturated carbocycles. The predicted molar refractivity (Wildman–Crippen MR) is 96.8 cm³/mol. The zero-order valence-electron chi connectivity index (χ0n) is 14.9. The number of nitrogens with zero attached hydrogens (tertiary/aromatic N) is 2. The van der Waals surface area contributed by atoms with E-state index in [4.69, 9.17) is 5.26 Å². The lowest BCUT2D eigenvalue weighted by Crippen LogP contribution is -2.38. The first kappa shape index (κ1) is 18.9. The molecule has 0 unspecified atom stereocenters. The Balaban J connectivity index is 1.78. The maximum absolute atomic E-state index is 12.4. The first-order valence-corrected chi connectivity index (χ1v) is 8.73. The highest BCUT2D eigenvalue weighted by Gasteiger charge is 2.29. The number of amides is 2. The van der Waals surface area contributed by atoms with Gasteiger partial charge in [-0.25, -0.2) is 0 Å². The Morgan fingerprint density at radius 1 is 1.16 bits per heavy atom. The summed E-state index contributed by atoms with van der Waals surface area (Å²) in [5.74, 6) is 0.00804. The van der Waals surface area contributed by atoms with E-state index in [0.717, 1.165) is 32.2 Å². The number of hydrogen-bond acceptors (Lipinski definition) is 4. The highest BCUT2D eigenvalue weighted by atomic mass is 16.2. The van der Waals surface area contributed by atoms with Crippen molar-refractivity contribution in [1.82, 2.24) is 10.2 Å². The van der Waals surface area contributed by atoms with Crippen LogP contribution in [0.3, 0.4) is 0 Å². The zero-order chi connectivity index (χ0) is 18.2. The molecule has 1 fully saturated rings. The van der Waals surface area contributed by atoms with E-state index in [0.29, 0.717) is 17.8 Å². The fourth-order valence-electron chi connectivity index (χ4n) is 3.08. The molecule has 6 nitrogen and oxygen atoms in total. The average Bonchev–Trinajstić information content (AvgIpc) is 2.61. The van der Waals surface area contributed by atoms with Crippen LogP contribution in [-0.2, 0) is 9.59 Å². The summed E-state index contributed by atoms with van der Waals surface area (Å²) in [6.45, 7) is 1.48. The van der Waals surface area contributed by atoms with E-state index in [-0.39, 0.29) is 23.7 Å². The fourth-order valence-corrected chi connectivity index (χ4v) is 3.08. The molecule has 2 N–H and O–H groups in total. The van der Waals surface area contributed by atoms with E-state index in [1.54, 1.807) is 24.3 Å². The van der Waals surface area contributed by atoms with Crippen molar-refractivity contribution < 1.29 is 9.59 Å². The fraction of sp³-hybridized carbons (Fsp3) is 0.526. The van der Waals surface area contributed by atoms with Crippen LogP contribution in [0.4, 0.5) is 5.69 Å². The van der Waals surface area contributed by atoms with Crippen LogP contribution >= 0.6 is 0 Å². The Morgan fingerprint density at radius 2 is 1.80 bits per heavy atom. The van der Waals surface area contributed by atoms with Crippen molar-refractivity contribution in [2.24, 2.45) is 11.8 Å². The molecule has 0 saturated heterocycles. The second-order valence-electron chi connectivity index (χ2n) is 6.82. The molecule has 1 aliphatic carbocycles. The van der Waals surface area contributed by atoms with Crippen LogP contribution in [0.1, 0.15) is 31.2 Å². The number of nitrogens with one attached hydrogen (secondary N) is 2. The van der Waals surface area contributed by atoms with Gasteiger partial charge in [-0.05, 0) is 58.0 Å². The van der Waals surface area contributed by atoms with E-state index in [1.165, 1.54) is 0 Å². The molecule has 1 aromatic rings. The lowest BCUT2D eigenvalue weighted by atomic mass is 9.81. The SMILES string of the molecule is CN(C)CCNC(=O)C1CCC(C(=O)Nc2cccc(C#N)c2)CC1. The smallest absolute Gasteiger partial charge is 0.227 e. The molecule has 1 aliphatic rings. The van der Waals surface area contributed by atoms with Crippen molar-refractivity contribution in [3.63, 3.8) is 0 Å². The molecule has 0 aliphatic heterocycles. The largest absolute Gasteiger partial charge is 0.355 e. The van der Waals surface area contributed by atoms with Crippen LogP contribution in [0, 0.1) is 23.2 Å². The number of hydrogen-bond donors (Lipinski definition) is 2. The summed E-state index contributed by atoms with van der Waals surface area (Å²) in [5, 5.41) is 14.8. The van der Waals surface area contributed by atoms with Gasteiger partial charge in [-0.3, -0.25) is 9.59 Å². The number of carbonyl (C=O) groups excluding carboxylic acids is 2. The van der Waals surface area contributed by atoms with Crippen molar-refractivity contribution >= 4 is 17.5 Å². The van der Waals surface area contributed by atoms with Gasteiger partial charge in [0.1, 0.15) is 0 Å². The molecule has 25 heavy (non-hydrogen) atoms. The van der Waals surface area contributed by atoms with Gasteiger partial charge in [-0.2, -0.15) is 5.26 Å². The summed E-state index contributed by atoms with van der Waals surface area (Å²) in [6, 6.07) is 8.97. The molecule has 2 amide bonds. The van der Waals surface area contributed by atoms with Gasteiger partial charge >= 0.3 is 0 Å². The third-order valence-corrected chi connectivity index (χ3v) is 4.59. The lowest BCUT2D eigenvalue weighted by Gasteiger charge is -2.27. The quantitative estimate of drug-likeness (QED) is 0.828. The first-order chi connectivity index (χ1) is 12.0. The molecule has 0 heterocycles. The van der Waals surface area contributed by atoms with Crippen LogP contribution in [-0.4, -0.2) is 43.9 Å². The minimum Gasteiger partial charge on any atom is -0.355 e. The predicted octanol–water partition coefficient (Wildman–Crippen LogP) is 1.98. The van der Waals surface area contributed by atoms with Gasteiger partial charge in [-0.15, -0.1) is 0 Å². The number of benzene rings is 1. The Labute approximate surface area is 149 Å². The van der Waals surface area contributed by atoms with Crippen molar-refractivity contribution in [2.75, 3.05) is 32.5 Å². The molecule has 0 bridgehead atoms. The Morgan fingerprint density at radius 3 is 2.40 bits per heavy atom. The van der Waals surface area contributed by atoms with E-state index < -0.39 is 0 Å². The molecule has 0 spiro atoms. The van der Waals surface area contributed by atoms with Gasteiger partial charge in [0, 0.05) is 30.6 Å². The Bertz CT molecular complexity index is 643. The second kappa shape index (κ2) is 9.19. The molecular formula is C19H26N4O2.